The molecule has 0 heterocycles. The summed E-state index contributed by atoms with van der Waals surface area (Å²) in [5.41, 5.74) is 1.36. The second kappa shape index (κ2) is 7.37. The number of carboxylic acid groups (broad SMARTS) is 2. The lowest BCUT2D eigenvalue weighted by molar-refractivity contribution is 0.0695. The van der Waals surface area contributed by atoms with E-state index >= 15 is 0 Å². The van der Waals surface area contributed by atoms with Crippen LogP contribution in [0.2, 0.25) is 0 Å². The van der Waals surface area contributed by atoms with Gasteiger partial charge in [0.2, 0.25) is 0 Å². The van der Waals surface area contributed by atoms with Crippen LogP contribution in [0, 0.1) is 5.82 Å². The van der Waals surface area contributed by atoms with Gasteiger partial charge in [-0.25, -0.2) is 14.0 Å². The van der Waals surface area contributed by atoms with Gasteiger partial charge >= 0.3 is 11.9 Å². The van der Waals surface area contributed by atoms with Crippen molar-refractivity contribution in [1.82, 2.24) is 0 Å². The Labute approximate surface area is 140 Å². The highest BCUT2D eigenvalue weighted by Gasteiger charge is 2.17. The first-order valence-electron chi connectivity index (χ1n) is 6.85. The van der Waals surface area contributed by atoms with Crippen LogP contribution in [0.1, 0.15) is 37.4 Å². The first-order chi connectivity index (χ1) is 10.9. The highest BCUT2D eigenvalue weighted by Crippen LogP contribution is 2.22. The van der Waals surface area contributed by atoms with Crippen molar-refractivity contribution in [2.45, 2.75) is 12.8 Å². The Kier molecular flexibility index (Phi) is 5.50. The summed E-state index contributed by atoms with van der Waals surface area (Å²) in [4.78, 5) is 22.4. The molecule has 0 amide bonds. The SMILES string of the molecule is O=C(O)c1ccc(Cc2c(F)cccc2CCBr)c(C(=O)O)c1. The van der Waals surface area contributed by atoms with E-state index < -0.39 is 17.8 Å². The lowest BCUT2D eigenvalue weighted by atomic mass is 9.94. The number of hydrogen-bond acceptors (Lipinski definition) is 2. The van der Waals surface area contributed by atoms with E-state index in [4.69, 9.17) is 5.11 Å². The number of hydrogen-bond donors (Lipinski definition) is 2. The lowest BCUT2D eigenvalue weighted by Crippen LogP contribution is -2.08. The third kappa shape index (κ3) is 3.96. The molecule has 120 valence electrons. The summed E-state index contributed by atoms with van der Waals surface area (Å²) >= 11 is 3.31. The van der Waals surface area contributed by atoms with Crippen molar-refractivity contribution in [3.63, 3.8) is 0 Å². The molecule has 0 fully saturated rings. The Bertz CT molecular complexity index is 758. The predicted molar refractivity (Wildman–Crippen MR) is 87.1 cm³/mol. The maximum absolute atomic E-state index is 14.1. The van der Waals surface area contributed by atoms with Crippen LogP contribution in [0.3, 0.4) is 0 Å². The van der Waals surface area contributed by atoms with Crippen molar-refractivity contribution in [3.8, 4) is 0 Å². The van der Waals surface area contributed by atoms with Crippen molar-refractivity contribution in [3.05, 3.63) is 70.0 Å². The van der Waals surface area contributed by atoms with Gasteiger partial charge < -0.3 is 10.2 Å². The average Bonchev–Trinajstić information content (AvgIpc) is 2.50. The quantitative estimate of drug-likeness (QED) is 0.748. The molecule has 23 heavy (non-hydrogen) atoms. The number of carboxylic acids is 2. The van der Waals surface area contributed by atoms with Gasteiger partial charge in [0.1, 0.15) is 5.82 Å². The van der Waals surface area contributed by atoms with Crippen LogP contribution >= 0.6 is 15.9 Å². The van der Waals surface area contributed by atoms with Gasteiger partial charge in [-0.15, -0.1) is 0 Å². The molecule has 0 aromatic heterocycles. The van der Waals surface area contributed by atoms with Crippen molar-refractivity contribution in [2.75, 3.05) is 5.33 Å². The zero-order valence-corrected chi connectivity index (χ0v) is 13.6. The molecule has 0 aliphatic heterocycles. The molecule has 0 saturated carbocycles. The smallest absolute Gasteiger partial charge is 0.336 e. The van der Waals surface area contributed by atoms with Gasteiger partial charge in [0.25, 0.3) is 0 Å². The van der Waals surface area contributed by atoms with E-state index in [1.54, 1.807) is 12.1 Å². The molecule has 0 atom stereocenters. The number of carbonyl (C=O) groups is 2. The molecule has 2 N–H and O–H groups in total. The van der Waals surface area contributed by atoms with Crippen LogP contribution in [-0.2, 0) is 12.8 Å². The van der Waals surface area contributed by atoms with E-state index in [1.807, 2.05) is 0 Å². The van der Waals surface area contributed by atoms with E-state index in [1.165, 1.54) is 18.2 Å². The van der Waals surface area contributed by atoms with Crippen LogP contribution in [0.15, 0.2) is 36.4 Å². The minimum Gasteiger partial charge on any atom is -0.478 e. The number of benzene rings is 2. The largest absolute Gasteiger partial charge is 0.478 e. The fourth-order valence-corrected chi connectivity index (χ4v) is 2.82. The molecule has 2 rings (SSSR count). The maximum atomic E-state index is 14.1. The molecule has 2 aromatic carbocycles. The van der Waals surface area contributed by atoms with Gasteiger partial charge in [-0.3, -0.25) is 0 Å². The summed E-state index contributed by atoms with van der Waals surface area (Å²) in [5, 5.41) is 18.9. The summed E-state index contributed by atoms with van der Waals surface area (Å²) < 4.78 is 14.1. The van der Waals surface area contributed by atoms with Gasteiger partial charge in [-0.1, -0.05) is 34.1 Å². The van der Waals surface area contributed by atoms with E-state index in [0.29, 0.717) is 22.9 Å². The topological polar surface area (TPSA) is 74.6 Å². The Morgan fingerprint density at radius 3 is 2.39 bits per heavy atom. The summed E-state index contributed by atoms with van der Waals surface area (Å²) in [7, 11) is 0. The second-order valence-electron chi connectivity index (χ2n) is 4.98. The molecule has 0 saturated heterocycles. The van der Waals surface area contributed by atoms with Gasteiger partial charge in [0, 0.05) is 11.8 Å². The van der Waals surface area contributed by atoms with Crippen molar-refractivity contribution < 1.29 is 24.2 Å². The maximum Gasteiger partial charge on any atom is 0.336 e. The number of alkyl halides is 1. The zero-order valence-electron chi connectivity index (χ0n) is 12.1. The van der Waals surface area contributed by atoms with E-state index in [-0.39, 0.29) is 17.5 Å². The second-order valence-corrected chi connectivity index (χ2v) is 5.77. The molecule has 2 aromatic rings. The number of aryl methyl sites for hydroxylation is 1. The van der Waals surface area contributed by atoms with Crippen LogP contribution in [-0.4, -0.2) is 27.5 Å². The van der Waals surface area contributed by atoms with Gasteiger partial charge in [-0.2, -0.15) is 0 Å². The van der Waals surface area contributed by atoms with Crippen molar-refractivity contribution >= 4 is 27.9 Å². The third-order valence-corrected chi connectivity index (χ3v) is 3.93. The molecule has 0 radical (unpaired) electrons. The van der Waals surface area contributed by atoms with Crippen LogP contribution in [0.5, 0.6) is 0 Å². The molecular weight excluding hydrogens is 367 g/mol. The first kappa shape index (κ1) is 17.1. The van der Waals surface area contributed by atoms with Crippen molar-refractivity contribution in [1.29, 1.82) is 0 Å². The predicted octanol–water partition coefficient (Wildman–Crippen LogP) is 3.75. The molecule has 0 bridgehead atoms. The standard InChI is InChI=1S/C17H14BrFO4/c18-7-6-10-2-1-3-15(19)13(10)8-11-4-5-12(16(20)21)9-14(11)17(22)23/h1-5,9H,6-8H2,(H,20,21)(H,22,23). The highest BCUT2D eigenvalue weighted by atomic mass is 79.9. The summed E-state index contributed by atoms with van der Waals surface area (Å²) in [6.45, 7) is 0. The summed E-state index contributed by atoms with van der Waals surface area (Å²) in [6, 6.07) is 8.60. The first-order valence-corrected chi connectivity index (χ1v) is 7.98. The molecule has 4 nitrogen and oxygen atoms in total. The fraction of sp³-hybridized carbons (Fsp3) is 0.176. The normalized spacial score (nSPS) is 10.5. The molecular formula is C17H14BrFO4. The molecule has 0 aliphatic carbocycles. The van der Waals surface area contributed by atoms with Crippen molar-refractivity contribution in [2.24, 2.45) is 0 Å². The Morgan fingerprint density at radius 1 is 1.04 bits per heavy atom. The van der Waals surface area contributed by atoms with Crippen LogP contribution in [0.25, 0.3) is 0 Å². The number of aromatic carboxylic acids is 2. The lowest BCUT2D eigenvalue weighted by Gasteiger charge is -2.12. The van der Waals surface area contributed by atoms with E-state index in [0.717, 1.165) is 11.6 Å². The molecule has 0 aliphatic rings. The van der Waals surface area contributed by atoms with Crippen LogP contribution < -0.4 is 0 Å². The van der Waals surface area contributed by atoms with Gasteiger partial charge in [0.15, 0.2) is 0 Å². The molecule has 0 spiro atoms. The number of rotatable bonds is 6. The Balaban J connectivity index is 2.48. The monoisotopic (exact) mass is 380 g/mol. The minimum atomic E-state index is -1.23. The minimum absolute atomic E-state index is 0.0938. The van der Waals surface area contributed by atoms with Gasteiger partial charge in [-0.05, 0) is 41.3 Å². The highest BCUT2D eigenvalue weighted by molar-refractivity contribution is 9.09. The summed E-state index contributed by atoms with van der Waals surface area (Å²) in [5.74, 6) is -2.84. The zero-order chi connectivity index (χ0) is 17.0. The third-order valence-electron chi connectivity index (χ3n) is 3.53. The average molecular weight is 381 g/mol. The Morgan fingerprint density at radius 2 is 1.78 bits per heavy atom. The van der Waals surface area contributed by atoms with Gasteiger partial charge in [0.05, 0.1) is 11.1 Å². The molecule has 0 unspecified atom stereocenters. The Hall–Kier alpha value is -2.21. The van der Waals surface area contributed by atoms with E-state index in [9.17, 15) is 19.1 Å². The summed E-state index contributed by atoms with van der Waals surface area (Å²) in [6.07, 6.45) is 0.708. The van der Waals surface area contributed by atoms with Crippen LogP contribution in [0.4, 0.5) is 4.39 Å². The molecule has 6 heteroatoms. The fourth-order valence-electron chi connectivity index (χ4n) is 2.39. The van der Waals surface area contributed by atoms with E-state index in [2.05, 4.69) is 15.9 Å². The number of halogens is 2.